The molecule has 0 radical (unpaired) electrons. The summed E-state index contributed by atoms with van der Waals surface area (Å²) in [6, 6.07) is 4.61. The zero-order valence-corrected chi connectivity index (χ0v) is 14.0. The number of sulfone groups is 1. The third-order valence-corrected chi connectivity index (χ3v) is 5.80. The lowest BCUT2D eigenvalue weighted by Crippen LogP contribution is -2.31. The second-order valence-electron chi connectivity index (χ2n) is 4.59. The topological polar surface area (TPSA) is 106 Å². The number of anilines is 2. The molecule has 6 nitrogen and oxygen atoms in total. The van der Waals surface area contributed by atoms with Gasteiger partial charge >= 0.3 is 0 Å². The lowest BCUT2D eigenvalue weighted by Gasteiger charge is -2.13. The van der Waals surface area contributed by atoms with Gasteiger partial charge in [-0.1, -0.05) is 11.6 Å². The molecule has 2 atom stereocenters. The zero-order valence-electron chi connectivity index (χ0n) is 11.6. The first-order valence-corrected chi connectivity index (χ1v) is 9.83. The summed E-state index contributed by atoms with van der Waals surface area (Å²) in [7, 11) is -4.79. The lowest BCUT2D eigenvalue weighted by atomic mass is 10.2. The third kappa shape index (κ3) is 6.03. The van der Waals surface area contributed by atoms with E-state index in [9.17, 15) is 17.4 Å². The summed E-state index contributed by atoms with van der Waals surface area (Å²) in [4.78, 5) is 12.0. The molecule has 1 aromatic rings. The molecule has 1 rings (SSSR count). The van der Waals surface area contributed by atoms with Gasteiger partial charge in [0.2, 0.25) is 5.91 Å². The number of carbonyl (C=O) groups excluding carboxylic acids is 1. The predicted octanol–water partition coefficient (Wildman–Crippen LogP) is 1.04. The Hall–Kier alpha value is -1.12. The largest absolute Gasteiger partial charge is 0.399 e. The zero-order chi connectivity index (χ0) is 16.2. The van der Waals surface area contributed by atoms with E-state index in [1.54, 1.807) is 12.1 Å². The Morgan fingerprint density at radius 2 is 2.10 bits per heavy atom. The van der Waals surface area contributed by atoms with Crippen LogP contribution in [-0.2, 0) is 25.4 Å². The van der Waals surface area contributed by atoms with Crippen molar-refractivity contribution in [2.75, 3.05) is 28.8 Å². The second kappa shape index (κ2) is 7.24. The fourth-order valence-corrected chi connectivity index (χ4v) is 4.15. The quantitative estimate of drug-likeness (QED) is 0.744. The van der Waals surface area contributed by atoms with Crippen molar-refractivity contribution in [1.29, 1.82) is 0 Å². The summed E-state index contributed by atoms with van der Waals surface area (Å²) < 4.78 is 34.0. The number of carbonyl (C=O) groups is 1. The molecular formula is C12H17ClN2O4S2. The molecule has 0 aliphatic carbocycles. The first kappa shape index (κ1) is 17.9. The van der Waals surface area contributed by atoms with Crippen molar-refractivity contribution >= 4 is 49.5 Å². The standard InChI is InChI=1S/C12H17ClN2O4S2/c1-8(20(17)5-6-21(2,18)19)12(16)15-11-4-3-9(14)7-10(11)13/h3-4,7-8H,5-6,14H2,1-2H3,(H,15,16). The highest BCUT2D eigenvalue weighted by Gasteiger charge is 2.21. The van der Waals surface area contributed by atoms with Gasteiger partial charge in [-0.15, -0.1) is 0 Å². The van der Waals surface area contributed by atoms with Crippen molar-refractivity contribution in [3.05, 3.63) is 23.2 Å². The molecule has 0 heterocycles. The van der Waals surface area contributed by atoms with E-state index in [1.165, 1.54) is 13.0 Å². The third-order valence-electron chi connectivity index (χ3n) is 2.67. The van der Waals surface area contributed by atoms with Crippen LogP contribution in [0.25, 0.3) is 0 Å². The summed E-state index contributed by atoms with van der Waals surface area (Å²) >= 11 is 5.93. The van der Waals surface area contributed by atoms with Crippen LogP contribution in [0, 0.1) is 0 Å². The van der Waals surface area contributed by atoms with E-state index >= 15 is 0 Å². The molecule has 0 aliphatic rings. The molecule has 1 amide bonds. The van der Waals surface area contributed by atoms with Crippen LogP contribution in [0.15, 0.2) is 18.2 Å². The summed E-state index contributed by atoms with van der Waals surface area (Å²) in [5, 5.41) is 1.97. The minimum atomic E-state index is -3.21. The Kier molecular flexibility index (Phi) is 6.18. The Bertz CT molecular complexity index is 661. The molecule has 21 heavy (non-hydrogen) atoms. The van der Waals surface area contributed by atoms with Gasteiger partial charge in [-0.05, 0) is 25.1 Å². The number of hydrogen-bond donors (Lipinski definition) is 2. The highest BCUT2D eigenvalue weighted by atomic mass is 35.5. The molecule has 9 heteroatoms. The van der Waals surface area contributed by atoms with Crippen LogP contribution in [0.5, 0.6) is 0 Å². The van der Waals surface area contributed by atoms with E-state index in [-0.39, 0.29) is 16.5 Å². The van der Waals surface area contributed by atoms with E-state index in [1.807, 2.05) is 0 Å². The van der Waals surface area contributed by atoms with Gasteiger partial charge in [-0.25, -0.2) is 8.42 Å². The first-order valence-electron chi connectivity index (χ1n) is 6.01. The smallest absolute Gasteiger partial charge is 0.239 e. The SMILES string of the molecule is CC(C(=O)Nc1ccc(N)cc1Cl)S(=O)CCS(C)(=O)=O. The van der Waals surface area contributed by atoms with Crippen molar-refractivity contribution in [3.8, 4) is 0 Å². The minimum Gasteiger partial charge on any atom is -0.399 e. The molecule has 0 saturated heterocycles. The summed E-state index contributed by atoms with van der Waals surface area (Å²) in [5.74, 6) is -0.795. The molecule has 118 valence electrons. The van der Waals surface area contributed by atoms with Crippen molar-refractivity contribution in [1.82, 2.24) is 0 Å². The number of nitrogens with one attached hydrogen (secondary N) is 1. The second-order valence-corrected chi connectivity index (χ2v) is 9.13. The highest BCUT2D eigenvalue weighted by Crippen LogP contribution is 2.24. The van der Waals surface area contributed by atoms with Gasteiger partial charge in [0, 0.05) is 28.5 Å². The number of halogens is 1. The minimum absolute atomic E-state index is 0.0805. The van der Waals surface area contributed by atoms with E-state index in [4.69, 9.17) is 17.3 Å². The van der Waals surface area contributed by atoms with Crippen LogP contribution in [0.2, 0.25) is 5.02 Å². The maximum atomic E-state index is 12.0. The van der Waals surface area contributed by atoms with E-state index in [0.29, 0.717) is 11.4 Å². The van der Waals surface area contributed by atoms with E-state index < -0.39 is 31.8 Å². The fourth-order valence-electron chi connectivity index (χ4n) is 1.40. The van der Waals surface area contributed by atoms with Gasteiger partial charge in [-0.2, -0.15) is 0 Å². The molecular weight excluding hydrogens is 336 g/mol. The Morgan fingerprint density at radius 3 is 2.62 bits per heavy atom. The van der Waals surface area contributed by atoms with Crippen molar-refractivity contribution in [2.45, 2.75) is 12.2 Å². The molecule has 0 aliphatic heterocycles. The Labute approximate surface area is 131 Å². The number of amides is 1. The van der Waals surface area contributed by atoms with Gasteiger partial charge in [0.1, 0.15) is 15.1 Å². The molecule has 0 bridgehead atoms. The number of nitrogens with two attached hydrogens (primary N) is 1. The van der Waals surface area contributed by atoms with Crippen LogP contribution >= 0.6 is 11.6 Å². The van der Waals surface area contributed by atoms with Crippen LogP contribution in [0.1, 0.15) is 6.92 Å². The average Bonchev–Trinajstić information content (AvgIpc) is 2.37. The molecule has 1 aromatic carbocycles. The first-order chi connectivity index (χ1) is 9.60. The van der Waals surface area contributed by atoms with Crippen LogP contribution < -0.4 is 11.1 Å². The lowest BCUT2D eigenvalue weighted by molar-refractivity contribution is -0.115. The van der Waals surface area contributed by atoms with Crippen LogP contribution in [0.4, 0.5) is 11.4 Å². The van der Waals surface area contributed by atoms with Crippen molar-refractivity contribution in [3.63, 3.8) is 0 Å². The summed E-state index contributed by atoms with van der Waals surface area (Å²) in [6.07, 6.45) is 1.06. The van der Waals surface area contributed by atoms with Gasteiger partial charge in [-0.3, -0.25) is 9.00 Å². The van der Waals surface area contributed by atoms with Crippen LogP contribution in [-0.4, -0.2) is 41.5 Å². The Balaban J connectivity index is 2.68. The summed E-state index contributed by atoms with van der Waals surface area (Å²) in [5.41, 5.74) is 6.37. The molecule has 0 spiro atoms. The number of nitrogen functional groups attached to an aromatic ring is 1. The molecule has 2 unspecified atom stereocenters. The highest BCUT2D eigenvalue weighted by molar-refractivity contribution is 7.92. The Morgan fingerprint density at radius 1 is 1.48 bits per heavy atom. The van der Waals surface area contributed by atoms with E-state index in [0.717, 1.165) is 6.26 Å². The number of rotatable bonds is 6. The normalized spacial score (nSPS) is 14.4. The predicted molar refractivity (Wildman–Crippen MR) is 86.7 cm³/mol. The molecule has 0 fully saturated rings. The van der Waals surface area contributed by atoms with Gasteiger partial charge in [0.25, 0.3) is 0 Å². The van der Waals surface area contributed by atoms with Crippen molar-refractivity contribution < 1.29 is 17.4 Å². The van der Waals surface area contributed by atoms with Gasteiger partial charge < -0.3 is 11.1 Å². The summed E-state index contributed by atoms with van der Waals surface area (Å²) in [6.45, 7) is 1.47. The van der Waals surface area contributed by atoms with Crippen molar-refractivity contribution in [2.24, 2.45) is 0 Å². The van der Waals surface area contributed by atoms with Gasteiger partial charge in [0.05, 0.1) is 16.5 Å². The molecule has 0 aromatic heterocycles. The number of hydrogen-bond acceptors (Lipinski definition) is 5. The van der Waals surface area contributed by atoms with Gasteiger partial charge in [0.15, 0.2) is 0 Å². The van der Waals surface area contributed by atoms with E-state index in [2.05, 4.69) is 5.32 Å². The monoisotopic (exact) mass is 352 g/mol. The maximum Gasteiger partial charge on any atom is 0.239 e. The average molecular weight is 353 g/mol. The van der Waals surface area contributed by atoms with Crippen LogP contribution in [0.3, 0.4) is 0 Å². The molecule has 0 saturated carbocycles. The number of benzene rings is 1. The molecule has 3 N–H and O–H groups in total. The fraction of sp³-hybridized carbons (Fsp3) is 0.417. The maximum absolute atomic E-state index is 12.0.